The lowest BCUT2D eigenvalue weighted by Gasteiger charge is -2.06. The number of methoxy groups -OCH3 is 1. The molecule has 1 aromatic carbocycles. The van der Waals surface area contributed by atoms with Crippen molar-refractivity contribution in [1.82, 2.24) is 5.32 Å². The van der Waals surface area contributed by atoms with Crippen LogP contribution in [0.15, 0.2) is 51.6 Å². The largest absolute Gasteiger partial charge is 0.497 e. The van der Waals surface area contributed by atoms with E-state index in [0.29, 0.717) is 17.0 Å². The summed E-state index contributed by atoms with van der Waals surface area (Å²) in [6, 6.07) is 10.7. The van der Waals surface area contributed by atoms with Crippen molar-refractivity contribution >= 4 is 33.9 Å². The predicted molar refractivity (Wildman–Crippen MR) is 91.2 cm³/mol. The molecule has 0 fully saturated rings. The molecule has 1 aromatic heterocycles. The molecule has 126 valence electrons. The molecule has 0 aliphatic heterocycles. The van der Waals surface area contributed by atoms with Crippen LogP contribution in [0.4, 0.5) is 0 Å². The summed E-state index contributed by atoms with van der Waals surface area (Å²) in [5, 5.41) is 2.66. The molecule has 0 bridgehead atoms. The number of amides is 1. The van der Waals surface area contributed by atoms with Crippen molar-refractivity contribution < 1.29 is 23.5 Å². The van der Waals surface area contributed by atoms with E-state index >= 15 is 0 Å². The van der Waals surface area contributed by atoms with Crippen LogP contribution in [0.5, 0.6) is 5.75 Å². The Hall–Kier alpha value is -2.54. The highest BCUT2D eigenvalue weighted by Crippen LogP contribution is 2.15. The van der Waals surface area contributed by atoms with Crippen LogP contribution in [0.3, 0.4) is 0 Å². The Bertz CT molecular complexity index is 721. The Kier molecular flexibility index (Phi) is 6.62. The van der Waals surface area contributed by atoms with Crippen LogP contribution in [0.1, 0.15) is 11.3 Å². The third kappa shape index (κ3) is 5.92. The normalized spacial score (nSPS) is 10.6. The first kappa shape index (κ1) is 17.8. The van der Waals surface area contributed by atoms with Gasteiger partial charge in [0.15, 0.2) is 11.3 Å². The fraction of sp³-hybridized carbons (Fsp3) is 0.176. The van der Waals surface area contributed by atoms with Gasteiger partial charge in [0.05, 0.1) is 7.11 Å². The maximum absolute atomic E-state index is 11.7. The minimum absolute atomic E-state index is 0.344. The Morgan fingerprint density at radius 3 is 2.58 bits per heavy atom. The fourth-order valence-electron chi connectivity index (χ4n) is 1.75. The quantitative estimate of drug-likeness (QED) is 0.577. The molecule has 0 saturated heterocycles. The second kappa shape index (κ2) is 8.93. The molecule has 0 unspecified atom stereocenters. The predicted octanol–water partition coefficient (Wildman–Crippen LogP) is 2.92. The number of ether oxygens (including phenoxy) is 2. The molecular weight excluding hydrogens is 378 g/mol. The molecule has 1 amide bonds. The van der Waals surface area contributed by atoms with Crippen LogP contribution >= 0.6 is 15.9 Å². The fourth-order valence-corrected chi connectivity index (χ4v) is 2.07. The summed E-state index contributed by atoms with van der Waals surface area (Å²) >= 11 is 3.16. The second-order valence-electron chi connectivity index (χ2n) is 4.71. The third-order valence-corrected chi connectivity index (χ3v) is 3.40. The summed E-state index contributed by atoms with van der Waals surface area (Å²) in [4.78, 5) is 23.2. The molecule has 24 heavy (non-hydrogen) atoms. The van der Waals surface area contributed by atoms with Gasteiger partial charge in [-0.25, -0.2) is 4.79 Å². The first-order chi connectivity index (χ1) is 11.6. The number of hydrogen-bond donors (Lipinski definition) is 1. The first-order valence-electron chi connectivity index (χ1n) is 7.06. The molecule has 0 radical (unpaired) electrons. The molecule has 0 aliphatic carbocycles. The van der Waals surface area contributed by atoms with Gasteiger partial charge in [-0.1, -0.05) is 12.1 Å². The van der Waals surface area contributed by atoms with Crippen molar-refractivity contribution in [2.24, 2.45) is 0 Å². The molecule has 0 aliphatic rings. The van der Waals surface area contributed by atoms with Crippen LogP contribution in [0.2, 0.25) is 0 Å². The second-order valence-corrected chi connectivity index (χ2v) is 5.49. The van der Waals surface area contributed by atoms with Crippen LogP contribution in [-0.4, -0.2) is 25.6 Å². The van der Waals surface area contributed by atoms with Crippen molar-refractivity contribution in [1.29, 1.82) is 0 Å². The van der Waals surface area contributed by atoms with Gasteiger partial charge in [-0.05, 0) is 51.8 Å². The maximum atomic E-state index is 11.7. The summed E-state index contributed by atoms with van der Waals surface area (Å²) in [6.07, 6.45) is 2.66. The van der Waals surface area contributed by atoms with Crippen molar-refractivity contribution in [2.75, 3.05) is 13.7 Å². The van der Waals surface area contributed by atoms with Crippen molar-refractivity contribution in [3.05, 3.63) is 58.5 Å². The van der Waals surface area contributed by atoms with Gasteiger partial charge >= 0.3 is 5.97 Å². The first-order valence-corrected chi connectivity index (χ1v) is 7.86. The van der Waals surface area contributed by atoms with Crippen molar-refractivity contribution in [2.45, 2.75) is 6.54 Å². The number of esters is 1. The molecule has 1 N–H and O–H groups in total. The highest BCUT2D eigenvalue weighted by molar-refractivity contribution is 9.10. The highest BCUT2D eigenvalue weighted by atomic mass is 79.9. The summed E-state index contributed by atoms with van der Waals surface area (Å²) in [5.74, 6) is 0.243. The van der Waals surface area contributed by atoms with Crippen molar-refractivity contribution in [3.8, 4) is 5.75 Å². The van der Waals surface area contributed by atoms with E-state index < -0.39 is 5.97 Å². The summed E-state index contributed by atoms with van der Waals surface area (Å²) in [7, 11) is 1.59. The number of benzene rings is 1. The average Bonchev–Trinajstić information content (AvgIpc) is 3.02. The zero-order valence-electron chi connectivity index (χ0n) is 13.0. The zero-order chi connectivity index (χ0) is 17.4. The van der Waals surface area contributed by atoms with E-state index in [0.717, 1.165) is 11.3 Å². The molecule has 2 rings (SSSR count). The van der Waals surface area contributed by atoms with Crippen LogP contribution in [0, 0.1) is 0 Å². The monoisotopic (exact) mass is 393 g/mol. The molecule has 0 spiro atoms. The molecular formula is C17H16BrNO5. The number of carbonyl (C=O) groups excluding carboxylic acids is 2. The minimum atomic E-state index is -0.623. The van der Waals surface area contributed by atoms with E-state index in [1.807, 2.05) is 12.1 Å². The molecule has 0 saturated carbocycles. The van der Waals surface area contributed by atoms with E-state index in [2.05, 4.69) is 21.2 Å². The number of furan rings is 1. The topological polar surface area (TPSA) is 77.8 Å². The summed E-state index contributed by atoms with van der Waals surface area (Å²) in [6.45, 7) is -0.00217. The van der Waals surface area contributed by atoms with Crippen LogP contribution < -0.4 is 10.1 Å². The van der Waals surface area contributed by atoms with E-state index in [9.17, 15) is 9.59 Å². The zero-order valence-corrected chi connectivity index (χ0v) is 14.5. The van der Waals surface area contributed by atoms with Gasteiger partial charge in [0.25, 0.3) is 5.91 Å². The van der Waals surface area contributed by atoms with Crippen molar-refractivity contribution in [3.63, 3.8) is 0 Å². The maximum Gasteiger partial charge on any atom is 0.331 e. The Morgan fingerprint density at radius 1 is 1.21 bits per heavy atom. The minimum Gasteiger partial charge on any atom is -0.497 e. The molecule has 1 heterocycles. The van der Waals surface area contributed by atoms with Gasteiger partial charge in [-0.15, -0.1) is 0 Å². The summed E-state index contributed by atoms with van der Waals surface area (Å²) in [5.41, 5.74) is 0.916. The smallest absolute Gasteiger partial charge is 0.331 e. The third-order valence-electron chi connectivity index (χ3n) is 2.97. The van der Waals surface area contributed by atoms with Crippen LogP contribution in [-0.2, 0) is 20.9 Å². The standard InChI is InChI=1S/C17H16BrNO5/c1-22-13-4-2-12(3-5-13)10-19-16(20)11-23-17(21)9-7-14-6-8-15(18)24-14/h2-9H,10-11H2,1H3,(H,19,20)/b9-7+. The van der Waals surface area contributed by atoms with Gasteiger partial charge in [-0.2, -0.15) is 0 Å². The van der Waals surface area contributed by atoms with E-state index in [1.165, 1.54) is 12.2 Å². The van der Waals surface area contributed by atoms with Gasteiger partial charge in [-0.3, -0.25) is 4.79 Å². The number of hydrogen-bond acceptors (Lipinski definition) is 5. The average molecular weight is 394 g/mol. The van der Waals surface area contributed by atoms with E-state index in [4.69, 9.17) is 13.9 Å². The lowest BCUT2D eigenvalue weighted by Crippen LogP contribution is -2.28. The molecule has 6 nitrogen and oxygen atoms in total. The van der Waals surface area contributed by atoms with E-state index in [-0.39, 0.29) is 12.5 Å². The van der Waals surface area contributed by atoms with E-state index in [1.54, 1.807) is 31.4 Å². The lowest BCUT2D eigenvalue weighted by molar-refractivity contribution is -0.143. The Balaban J connectivity index is 1.70. The number of rotatable bonds is 7. The molecule has 7 heteroatoms. The van der Waals surface area contributed by atoms with Gasteiger partial charge in [0, 0.05) is 12.6 Å². The van der Waals surface area contributed by atoms with Gasteiger partial charge < -0.3 is 19.2 Å². The lowest BCUT2D eigenvalue weighted by atomic mass is 10.2. The number of nitrogens with one attached hydrogen (secondary N) is 1. The van der Waals surface area contributed by atoms with Gasteiger partial charge in [0.1, 0.15) is 11.5 Å². The van der Waals surface area contributed by atoms with Crippen LogP contribution in [0.25, 0.3) is 6.08 Å². The molecule has 2 aromatic rings. The SMILES string of the molecule is COc1ccc(CNC(=O)COC(=O)/C=C/c2ccc(Br)o2)cc1. The highest BCUT2D eigenvalue weighted by Gasteiger charge is 2.05. The summed E-state index contributed by atoms with van der Waals surface area (Å²) < 4.78 is 15.7. The number of halogens is 1. The Morgan fingerprint density at radius 2 is 1.96 bits per heavy atom. The van der Waals surface area contributed by atoms with Gasteiger partial charge in [0.2, 0.25) is 0 Å². The molecule has 0 atom stereocenters. The Labute approximate surface area is 147 Å². The number of carbonyl (C=O) groups is 2.